The molecule has 0 bridgehead atoms. The molecule has 2 aromatic rings. The molecule has 1 aliphatic heterocycles. The molecule has 1 aromatic carbocycles. The van der Waals surface area contributed by atoms with E-state index in [-0.39, 0.29) is 22.9 Å². The average molecular weight is 335 g/mol. The van der Waals surface area contributed by atoms with E-state index < -0.39 is 5.54 Å². The number of fused-ring (bicyclic) bond motifs is 2. The zero-order chi connectivity index (χ0) is 17.6. The lowest BCUT2D eigenvalue weighted by molar-refractivity contribution is -0.128. The molecule has 1 aliphatic carbocycles. The first-order valence-electron chi connectivity index (χ1n) is 8.82. The fourth-order valence-electron chi connectivity index (χ4n) is 4.30. The predicted molar refractivity (Wildman–Crippen MR) is 96.2 cm³/mol. The van der Waals surface area contributed by atoms with Gasteiger partial charge in [0.1, 0.15) is 11.1 Å². The summed E-state index contributed by atoms with van der Waals surface area (Å²) >= 11 is 0. The Morgan fingerprint density at radius 3 is 2.40 bits per heavy atom. The van der Waals surface area contributed by atoms with Crippen molar-refractivity contribution in [3.05, 3.63) is 53.9 Å². The van der Waals surface area contributed by atoms with Gasteiger partial charge in [-0.3, -0.25) is 9.59 Å². The molecule has 0 radical (unpaired) electrons. The smallest absolute Gasteiger partial charge is 0.196 e. The van der Waals surface area contributed by atoms with Crippen LogP contribution < -0.4 is 0 Å². The minimum absolute atomic E-state index is 0.0351. The van der Waals surface area contributed by atoms with Crippen LogP contribution in [0.2, 0.25) is 0 Å². The van der Waals surface area contributed by atoms with E-state index in [2.05, 4.69) is 0 Å². The van der Waals surface area contributed by atoms with E-state index in [4.69, 9.17) is 0 Å². The van der Waals surface area contributed by atoms with Crippen molar-refractivity contribution in [2.45, 2.75) is 44.6 Å². The van der Waals surface area contributed by atoms with Crippen LogP contribution in [0.25, 0.3) is 16.9 Å². The number of nitrogens with zero attached hydrogens (tertiary/aromatic N) is 1. The fraction of sp³-hybridized carbons (Fsp3) is 0.333. The van der Waals surface area contributed by atoms with E-state index in [1.165, 1.54) is 6.92 Å². The van der Waals surface area contributed by atoms with Crippen molar-refractivity contribution in [1.29, 1.82) is 0 Å². The molecule has 2 heterocycles. The molecular formula is C21H21NO3. The van der Waals surface area contributed by atoms with Gasteiger partial charge in [-0.1, -0.05) is 49.6 Å². The first-order valence-corrected chi connectivity index (χ1v) is 8.82. The van der Waals surface area contributed by atoms with Gasteiger partial charge in [0, 0.05) is 11.8 Å². The van der Waals surface area contributed by atoms with E-state index in [1.54, 1.807) is 0 Å². The quantitative estimate of drug-likeness (QED) is 0.835. The minimum Gasteiger partial charge on any atom is -0.505 e. The molecular weight excluding hydrogens is 314 g/mol. The number of Topliss-reactive ketones (excluding diaryl/α,β-unsaturated/α-hetero) is 2. The normalized spacial score (nSPS) is 19.2. The molecule has 25 heavy (non-hydrogen) atoms. The molecule has 0 saturated heterocycles. The molecule has 128 valence electrons. The van der Waals surface area contributed by atoms with Gasteiger partial charge in [0.05, 0.1) is 5.69 Å². The van der Waals surface area contributed by atoms with Crippen LogP contribution in [-0.2, 0) is 15.1 Å². The van der Waals surface area contributed by atoms with Crippen molar-refractivity contribution in [1.82, 2.24) is 4.57 Å². The van der Waals surface area contributed by atoms with E-state index in [1.807, 2.05) is 47.2 Å². The number of aromatic nitrogens is 1. The molecule has 0 unspecified atom stereocenters. The lowest BCUT2D eigenvalue weighted by Crippen LogP contribution is -2.48. The summed E-state index contributed by atoms with van der Waals surface area (Å²) in [6.45, 7) is 1.36. The second-order valence-corrected chi connectivity index (χ2v) is 7.05. The van der Waals surface area contributed by atoms with Crippen LogP contribution in [0.4, 0.5) is 0 Å². The summed E-state index contributed by atoms with van der Waals surface area (Å²) in [4.78, 5) is 25.3. The van der Waals surface area contributed by atoms with Crippen LogP contribution in [0, 0.1) is 0 Å². The van der Waals surface area contributed by atoms with E-state index in [0.717, 1.165) is 30.4 Å². The van der Waals surface area contributed by atoms with Gasteiger partial charge in [0.25, 0.3) is 0 Å². The Kier molecular flexibility index (Phi) is 3.64. The van der Waals surface area contributed by atoms with Crippen LogP contribution in [0.1, 0.15) is 44.7 Å². The molecule has 4 heteroatoms. The summed E-state index contributed by atoms with van der Waals surface area (Å²) in [5.74, 6) is -0.767. The summed E-state index contributed by atoms with van der Waals surface area (Å²) in [5, 5.41) is 10.7. The first kappa shape index (κ1) is 15.9. The van der Waals surface area contributed by atoms with E-state index >= 15 is 0 Å². The number of hydrogen-bond donors (Lipinski definition) is 1. The number of allylic oxidation sites excluding steroid dienone is 1. The highest BCUT2D eigenvalue weighted by molar-refractivity contribution is 6.27. The molecule has 2 aliphatic rings. The molecule has 4 nitrogen and oxygen atoms in total. The minimum atomic E-state index is -0.728. The average Bonchev–Trinajstić information content (AvgIpc) is 3.08. The Bertz CT molecular complexity index is 883. The molecule has 0 atom stereocenters. The highest BCUT2D eigenvalue weighted by atomic mass is 16.3. The molecule has 1 N–H and O–H groups in total. The number of ketones is 2. The Labute approximate surface area is 146 Å². The molecule has 1 saturated carbocycles. The second kappa shape index (κ2) is 5.73. The van der Waals surface area contributed by atoms with E-state index in [0.29, 0.717) is 18.5 Å². The second-order valence-electron chi connectivity index (χ2n) is 7.05. The predicted octanol–water partition coefficient (Wildman–Crippen LogP) is 4.26. The van der Waals surface area contributed by atoms with Crippen LogP contribution >= 0.6 is 0 Å². The van der Waals surface area contributed by atoms with Gasteiger partial charge < -0.3 is 9.67 Å². The number of aliphatic hydroxyl groups excluding tert-OH is 1. The maximum atomic E-state index is 13.2. The van der Waals surface area contributed by atoms with Gasteiger partial charge in [-0.25, -0.2) is 0 Å². The number of carbonyl (C=O) groups excluding carboxylic acids is 2. The summed E-state index contributed by atoms with van der Waals surface area (Å²) in [5.41, 5.74) is 1.79. The van der Waals surface area contributed by atoms with Gasteiger partial charge in [0.2, 0.25) is 0 Å². The molecule has 1 fully saturated rings. The largest absolute Gasteiger partial charge is 0.505 e. The van der Waals surface area contributed by atoms with Crippen LogP contribution in [0.3, 0.4) is 0 Å². The third-order valence-corrected chi connectivity index (χ3v) is 5.55. The molecule has 0 amide bonds. The highest BCUT2D eigenvalue weighted by Crippen LogP contribution is 2.45. The zero-order valence-electron chi connectivity index (χ0n) is 14.3. The lowest BCUT2D eigenvalue weighted by Gasteiger charge is -2.41. The number of aliphatic hydroxyl groups is 1. The Hall–Kier alpha value is -2.62. The monoisotopic (exact) mass is 335 g/mol. The van der Waals surface area contributed by atoms with Crippen molar-refractivity contribution < 1.29 is 14.7 Å². The van der Waals surface area contributed by atoms with Crippen molar-refractivity contribution in [2.24, 2.45) is 0 Å². The van der Waals surface area contributed by atoms with Gasteiger partial charge in [0.15, 0.2) is 17.3 Å². The Morgan fingerprint density at radius 2 is 1.76 bits per heavy atom. The van der Waals surface area contributed by atoms with Gasteiger partial charge in [-0.15, -0.1) is 0 Å². The number of benzene rings is 1. The zero-order valence-corrected chi connectivity index (χ0v) is 14.3. The summed E-state index contributed by atoms with van der Waals surface area (Å²) in [6, 6.07) is 11.8. The van der Waals surface area contributed by atoms with Crippen molar-refractivity contribution in [2.75, 3.05) is 0 Å². The third kappa shape index (κ3) is 2.28. The molecule has 1 aromatic heterocycles. The van der Waals surface area contributed by atoms with E-state index in [9.17, 15) is 14.7 Å². The Balaban J connectivity index is 1.96. The van der Waals surface area contributed by atoms with Gasteiger partial charge in [-0.05, 0) is 31.4 Å². The van der Waals surface area contributed by atoms with Gasteiger partial charge >= 0.3 is 0 Å². The first-order chi connectivity index (χ1) is 12.0. The number of rotatable bonds is 2. The van der Waals surface area contributed by atoms with Crippen LogP contribution in [-0.4, -0.2) is 21.2 Å². The van der Waals surface area contributed by atoms with Crippen LogP contribution in [0.5, 0.6) is 0 Å². The third-order valence-electron chi connectivity index (χ3n) is 5.55. The SMILES string of the molecule is CC(=O)C1=C(O)c2cc(-c3ccccc3)cn2C2(CCCCC2)C1=O. The molecule has 1 spiro atoms. The Morgan fingerprint density at radius 1 is 1.08 bits per heavy atom. The number of carbonyl (C=O) groups is 2. The molecule has 4 rings (SSSR count). The fourth-order valence-corrected chi connectivity index (χ4v) is 4.30. The van der Waals surface area contributed by atoms with Crippen molar-refractivity contribution in [3.8, 4) is 11.1 Å². The highest BCUT2D eigenvalue weighted by Gasteiger charge is 2.48. The van der Waals surface area contributed by atoms with Crippen LogP contribution in [0.15, 0.2) is 48.2 Å². The maximum absolute atomic E-state index is 13.2. The summed E-state index contributed by atoms with van der Waals surface area (Å²) < 4.78 is 1.93. The van der Waals surface area contributed by atoms with Gasteiger partial charge in [-0.2, -0.15) is 0 Å². The number of hydrogen-bond acceptors (Lipinski definition) is 3. The standard InChI is InChI=1S/C21H21NO3/c1-14(23)18-19(24)17-12-16(15-8-4-2-5-9-15)13-22(17)21(20(18)25)10-6-3-7-11-21/h2,4-5,8-9,12-13,24H,3,6-7,10-11H2,1H3. The summed E-state index contributed by atoms with van der Waals surface area (Å²) in [7, 11) is 0. The van der Waals surface area contributed by atoms with Crippen molar-refractivity contribution >= 4 is 17.3 Å². The lowest BCUT2D eigenvalue weighted by atomic mass is 9.73. The summed E-state index contributed by atoms with van der Waals surface area (Å²) in [6.07, 6.45) is 6.40. The topological polar surface area (TPSA) is 59.3 Å². The maximum Gasteiger partial charge on any atom is 0.196 e. The van der Waals surface area contributed by atoms with Crippen molar-refractivity contribution in [3.63, 3.8) is 0 Å².